The SMILES string of the molecule is Cl.ClCCN(CCCl)CCCl.Nc1ncnc2nc[nH]c12. The fourth-order valence-electron chi connectivity index (χ4n) is 1.48. The summed E-state index contributed by atoms with van der Waals surface area (Å²) in [6.45, 7) is 2.63. The van der Waals surface area contributed by atoms with Crippen LogP contribution in [-0.2, 0) is 0 Å². The second-order valence-electron chi connectivity index (χ2n) is 3.77. The summed E-state index contributed by atoms with van der Waals surface area (Å²) in [6.07, 6.45) is 2.92. The molecule has 0 aromatic carbocycles. The molecule has 2 aromatic rings. The van der Waals surface area contributed by atoms with E-state index in [-0.39, 0.29) is 12.4 Å². The van der Waals surface area contributed by atoms with Crippen LogP contribution in [0.1, 0.15) is 0 Å². The van der Waals surface area contributed by atoms with E-state index in [4.69, 9.17) is 40.5 Å². The lowest BCUT2D eigenvalue weighted by Gasteiger charge is -2.17. The molecule has 0 radical (unpaired) electrons. The molecule has 2 aromatic heterocycles. The van der Waals surface area contributed by atoms with E-state index < -0.39 is 0 Å². The summed E-state index contributed by atoms with van der Waals surface area (Å²) in [5, 5.41) is 0. The van der Waals surface area contributed by atoms with Crippen molar-refractivity contribution in [1.29, 1.82) is 0 Å². The average Bonchev–Trinajstić information content (AvgIpc) is 2.90. The number of anilines is 1. The van der Waals surface area contributed by atoms with Gasteiger partial charge in [-0.25, -0.2) is 15.0 Å². The Morgan fingerprint density at radius 2 is 1.57 bits per heavy atom. The third-order valence-corrected chi connectivity index (χ3v) is 2.96. The summed E-state index contributed by atoms with van der Waals surface area (Å²) in [6, 6.07) is 0. The van der Waals surface area contributed by atoms with Gasteiger partial charge in [-0.05, 0) is 0 Å². The van der Waals surface area contributed by atoms with E-state index >= 15 is 0 Å². The van der Waals surface area contributed by atoms with E-state index in [1.807, 2.05) is 0 Å². The number of nitrogens with two attached hydrogens (primary N) is 1. The molecule has 120 valence electrons. The molecule has 0 saturated carbocycles. The molecule has 2 rings (SSSR count). The van der Waals surface area contributed by atoms with Crippen LogP contribution in [0.3, 0.4) is 0 Å². The van der Waals surface area contributed by atoms with Crippen molar-refractivity contribution in [2.75, 3.05) is 43.0 Å². The molecule has 2 heterocycles. The summed E-state index contributed by atoms with van der Waals surface area (Å²) in [4.78, 5) is 16.5. The number of hydrogen-bond acceptors (Lipinski definition) is 5. The Balaban J connectivity index is 0.000000364. The van der Waals surface area contributed by atoms with Crippen molar-refractivity contribution in [3.8, 4) is 0 Å². The largest absolute Gasteiger partial charge is 0.382 e. The Kier molecular flexibility index (Phi) is 11.8. The van der Waals surface area contributed by atoms with Crippen molar-refractivity contribution in [1.82, 2.24) is 24.8 Å². The normalized spacial score (nSPS) is 10.1. The number of aromatic amines is 1. The molecule has 6 nitrogen and oxygen atoms in total. The molecule has 21 heavy (non-hydrogen) atoms. The molecule has 0 amide bonds. The molecule has 0 saturated heterocycles. The molecular weight excluding hydrogens is 358 g/mol. The fraction of sp³-hybridized carbons (Fsp3) is 0.545. The second kappa shape index (κ2) is 12.1. The van der Waals surface area contributed by atoms with Crippen molar-refractivity contribution < 1.29 is 0 Å². The third-order valence-electron chi connectivity index (χ3n) is 2.45. The van der Waals surface area contributed by atoms with Gasteiger partial charge in [0.2, 0.25) is 0 Å². The molecule has 0 atom stereocenters. The molecule has 0 aliphatic rings. The Morgan fingerprint density at radius 1 is 1.00 bits per heavy atom. The Labute approximate surface area is 144 Å². The lowest BCUT2D eigenvalue weighted by molar-refractivity contribution is 0.327. The average molecular weight is 376 g/mol. The maximum atomic E-state index is 5.54. The zero-order valence-electron chi connectivity index (χ0n) is 11.3. The van der Waals surface area contributed by atoms with Crippen molar-refractivity contribution in [2.45, 2.75) is 0 Å². The van der Waals surface area contributed by atoms with Crippen LogP contribution in [0.4, 0.5) is 5.82 Å². The van der Waals surface area contributed by atoms with Crippen LogP contribution in [-0.4, -0.2) is 62.1 Å². The third kappa shape index (κ3) is 7.33. The Hall–Kier alpha value is -0.530. The van der Waals surface area contributed by atoms with Gasteiger partial charge in [0.25, 0.3) is 0 Å². The number of fused-ring (bicyclic) bond motifs is 1. The highest BCUT2D eigenvalue weighted by Crippen LogP contribution is 2.09. The molecule has 3 N–H and O–H groups in total. The van der Waals surface area contributed by atoms with Gasteiger partial charge in [-0.3, -0.25) is 4.90 Å². The van der Waals surface area contributed by atoms with Gasteiger partial charge in [0.1, 0.15) is 11.8 Å². The number of nitrogen functional groups attached to an aromatic ring is 1. The zero-order valence-corrected chi connectivity index (χ0v) is 14.4. The number of nitrogens with one attached hydrogen (secondary N) is 1. The molecule has 0 unspecified atom stereocenters. The molecule has 0 aliphatic heterocycles. The number of hydrogen-bond donors (Lipinski definition) is 2. The van der Waals surface area contributed by atoms with Gasteiger partial charge in [0.05, 0.1) is 6.33 Å². The minimum atomic E-state index is 0. The van der Waals surface area contributed by atoms with Gasteiger partial charge in [0, 0.05) is 37.3 Å². The predicted molar refractivity (Wildman–Crippen MR) is 91.9 cm³/mol. The number of H-pyrrole nitrogens is 1. The minimum Gasteiger partial charge on any atom is -0.382 e. The summed E-state index contributed by atoms with van der Waals surface area (Å²) >= 11 is 16.6. The van der Waals surface area contributed by atoms with Gasteiger partial charge in [0.15, 0.2) is 11.5 Å². The van der Waals surface area contributed by atoms with E-state index in [0.717, 1.165) is 19.6 Å². The van der Waals surface area contributed by atoms with Gasteiger partial charge in [-0.2, -0.15) is 0 Å². The van der Waals surface area contributed by atoms with E-state index in [9.17, 15) is 0 Å². The highest BCUT2D eigenvalue weighted by molar-refractivity contribution is 6.18. The summed E-state index contributed by atoms with van der Waals surface area (Å²) in [7, 11) is 0. The number of halogens is 4. The Morgan fingerprint density at radius 3 is 2.05 bits per heavy atom. The zero-order chi connectivity index (χ0) is 14.8. The number of rotatable bonds is 6. The van der Waals surface area contributed by atoms with Crippen LogP contribution in [0.15, 0.2) is 12.7 Å². The topological polar surface area (TPSA) is 83.7 Å². The summed E-state index contributed by atoms with van der Waals surface area (Å²) < 4.78 is 0. The van der Waals surface area contributed by atoms with E-state index in [0.29, 0.717) is 34.6 Å². The Bertz CT molecular complexity index is 480. The van der Waals surface area contributed by atoms with Crippen molar-refractivity contribution in [3.63, 3.8) is 0 Å². The van der Waals surface area contributed by atoms with Gasteiger partial charge < -0.3 is 10.7 Å². The first kappa shape index (κ1) is 20.5. The molecule has 0 spiro atoms. The number of alkyl halides is 3. The number of nitrogens with zero attached hydrogens (tertiary/aromatic N) is 4. The maximum Gasteiger partial charge on any atom is 0.182 e. The predicted octanol–water partition coefficient (Wildman–Crippen LogP) is 2.36. The van der Waals surface area contributed by atoms with Crippen LogP contribution in [0, 0.1) is 0 Å². The van der Waals surface area contributed by atoms with Gasteiger partial charge in [-0.15, -0.1) is 47.2 Å². The van der Waals surface area contributed by atoms with Crippen molar-refractivity contribution >= 4 is 64.2 Å². The van der Waals surface area contributed by atoms with E-state index in [1.165, 1.54) is 12.7 Å². The monoisotopic (exact) mass is 374 g/mol. The number of imidazole rings is 1. The van der Waals surface area contributed by atoms with Crippen LogP contribution in [0.25, 0.3) is 11.2 Å². The first-order valence-electron chi connectivity index (χ1n) is 6.02. The second-order valence-corrected chi connectivity index (χ2v) is 4.90. The highest BCUT2D eigenvalue weighted by Gasteiger charge is 2.00. The standard InChI is InChI=1S/C6H12Cl3N.C5H5N5.ClH/c7-1-4-10(5-2-8)6-3-9;6-4-3-5(9-1-7-3)10-2-8-4;/h1-6H2;1-2H,(H3,6,7,8,9,10);1H. The van der Waals surface area contributed by atoms with Gasteiger partial charge >= 0.3 is 0 Å². The minimum absolute atomic E-state index is 0. The number of aromatic nitrogens is 4. The van der Waals surface area contributed by atoms with E-state index in [2.05, 4.69) is 24.8 Å². The lowest BCUT2D eigenvalue weighted by Crippen LogP contribution is -2.29. The van der Waals surface area contributed by atoms with E-state index in [1.54, 1.807) is 0 Å². The smallest absolute Gasteiger partial charge is 0.182 e. The quantitative estimate of drug-likeness (QED) is 0.757. The highest BCUT2D eigenvalue weighted by atomic mass is 35.5. The van der Waals surface area contributed by atoms with Crippen molar-refractivity contribution in [2.24, 2.45) is 0 Å². The van der Waals surface area contributed by atoms with Crippen LogP contribution < -0.4 is 5.73 Å². The van der Waals surface area contributed by atoms with Crippen molar-refractivity contribution in [3.05, 3.63) is 12.7 Å². The molecule has 0 fully saturated rings. The molecule has 10 heteroatoms. The molecule has 0 aliphatic carbocycles. The maximum absolute atomic E-state index is 5.54. The molecular formula is C11H18Cl4N6. The van der Waals surface area contributed by atoms with Crippen LogP contribution in [0.2, 0.25) is 0 Å². The molecule has 0 bridgehead atoms. The van der Waals surface area contributed by atoms with Crippen LogP contribution >= 0.6 is 47.2 Å². The summed E-state index contributed by atoms with van der Waals surface area (Å²) in [5.74, 6) is 2.37. The first-order valence-corrected chi connectivity index (χ1v) is 7.63. The lowest BCUT2D eigenvalue weighted by atomic mass is 10.5. The van der Waals surface area contributed by atoms with Gasteiger partial charge in [-0.1, -0.05) is 0 Å². The summed E-state index contributed by atoms with van der Waals surface area (Å²) in [5.41, 5.74) is 6.78. The fourth-order valence-corrected chi connectivity index (χ4v) is 2.19. The first-order chi connectivity index (χ1) is 9.72. The van der Waals surface area contributed by atoms with Crippen LogP contribution in [0.5, 0.6) is 0 Å².